The molecule has 152 valence electrons. The predicted molar refractivity (Wildman–Crippen MR) is 109 cm³/mol. The van der Waals surface area contributed by atoms with Gasteiger partial charge < -0.3 is 15.2 Å². The Bertz CT molecular complexity index is 626. The highest BCUT2D eigenvalue weighted by atomic mass is 32.2. The van der Waals surface area contributed by atoms with Crippen LogP contribution in [-0.4, -0.2) is 47.4 Å². The lowest BCUT2D eigenvalue weighted by molar-refractivity contribution is -0.135. The van der Waals surface area contributed by atoms with Crippen molar-refractivity contribution in [1.29, 1.82) is 0 Å². The van der Waals surface area contributed by atoms with Crippen molar-refractivity contribution in [2.75, 3.05) is 12.9 Å². The largest absolute Gasteiger partial charge is 0.491 e. The average molecular weight is 397 g/mol. The lowest BCUT2D eigenvalue weighted by Crippen LogP contribution is -2.55. The lowest BCUT2D eigenvalue weighted by Gasteiger charge is -2.32. The van der Waals surface area contributed by atoms with Crippen molar-refractivity contribution in [3.63, 3.8) is 0 Å². The van der Waals surface area contributed by atoms with Crippen LogP contribution in [0.4, 0.5) is 4.79 Å². The van der Waals surface area contributed by atoms with Crippen LogP contribution in [0.1, 0.15) is 41.5 Å². The number of thioether (sulfide) groups is 1. The highest BCUT2D eigenvalue weighted by Gasteiger charge is 2.35. The zero-order valence-electron chi connectivity index (χ0n) is 17.3. The molecule has 0 aromatic heterocycles. The summed E-state index contributed by atoms with van der Waals surface area (Å²) in [5.74, 6) is 0.104. The number of benzene rings is 1. The van der Waals surface area contributed by atoms with Crippen LogP contribution in [-0.2, 0) is 9.53 Å². The van der Waals surface area contributed by atoms with Crippen molar-refractivity contribution in [1.82, 2.24) is 4.90 Å². The van der Waals surface area contributed by atoms with Gasteiger partial charge in [0.25, 0.3) is 0 Å². The van der Waals surface area contributed by atoms with Gasteiger partial charge in [0.15, 0.2) is 0 Å². The zero-order chi connectivity index (χ0) is 20.8. The van der Waals surface area contributed by atoms with Crippen LogP contribution in [0.3, 0.4) is 0 Å². The summed E-state index contributed by atoms with van der Waals surface area (Å²) >= 11 is 1.64. The molecule has 2 atom stereocenters. The molecule has 2 amide bonds. The second-order valence-electron chi connectivity index (χ2n) is 7.79. The Labute approximate surface area is 166 Å². The molecule has 6 nitrogen and oxygen atoms in total. The fourth-order valence-electron chi connectivity index (χ4n) is 2.21. The number of nitrogens with zero attached hydrogens (tertiary/aromatic N) is 1. The summed E-state index contributed by atoms with van der Waals surface area (Å²) in [6.07, 6.45) is 1.29. The van der Waals surface area contributed by atoms with Gasteiger partial charge >= 0.3 is 6.09 Å². The molecule has 0 saturated heterocycles. The van der Waals surface area contributed by atoms with E-state index < -0.39 is 29.7 Å². The van der Waals surface area contributed by atoms with E-state index in [1.807, 2.05) is 44.4 Å². The van der Waals surface area contributed by atoms with E-state index in [0.717, 1.165) is 9.80 Å². The molecule has 0 bridgehead atoms. The molecule has 1 aromatic rings. The molecule has 7 heteroatoms. The van der Waals surface area contributed by atoms with Gasteiger partial charge in [-0.15, -0.1) is 11.8 Å². The van der Waals surface area contributed by atoms with Gasteiger partial charge in [0.05, 0.1) is 12.1 Å². The Kier molecular flexibility index (Phi) is 8.62. The average Bonchev–Trinajstić information content (AvgIpc) is 2.58. The maximum absolute atomic E-state index is 12.8. The molecule has 0 heterocycles. The molecule has 2 N–H and O–H groups in total. The van der Waals surface area contributed by atoms with E-state index in [1.54, 1.807) is 39.5 Å². The first-order valence-corrected chi connectivity index (χ1v) is 10.3. The predicted octanol–water partition coefficient (Wildman–Crippen LogP) is 3.92. The molecule has 0 fully saturated rings. The second-order valence-corrected chi connectivity index (χ2v) is 8.67. The zero-order valence-corrected chi connectivity index (χ0v) is 18.1. The van der Waals surface area contributed by atoms with Gasteiger partial charge in [-0.05, 0) is 64.1 Å². The van der Waals surface area contributed by atoms with Crippen molar-refractivity contribution in [2.24, 2.45) is 11.7 Å². The minimum Gasteiger partial charge on any atom is -0.491 e. The lowest BCUT2D eigenvalue weighted by atomic mass is 10.0. The first kappa shape index (κ1) is 23.3. The quantitative estimate of drug-likeness (QED) is 0.704. The highest BCUT2D eigenvalue weighted by Crippen LogP contribution is 2.20. The third kappa shape index (κ3) is 7.42. The monoisotopic (exact) mass is 396 g/mol. The van der Waals surface area contributed by atoms with E-state index in [4.69, 9.17) is 15.2 Å². The van der Waals surface area contributed by atoms with E-state index >= 15 is 0 Å². The summed E-state index contributed by atoms with van der Waals surface area (Å²) in [6, 6.07) is 6.31. The number of hydrogen-bond donors (Lipinski definition) is 1. The smallest absolute Gasteiger partial charge is 0.417 e. The van der Waals surface area contributed by atoms with Gasteiger partial charge in [-0.25, -0.2) is 9.69 Å². The van der Waals surface area contributed by atoms with E-state index in [9.17, 15) is 9.59 Å². The number of carbonyl (C=O) groups is 2. The number of amides is 2. The number of imide groups is 1. The molecule has 1 aromatic carbocycles. The van der Waals surface area contributed by atoms with Gasteiger partial charge in [-0.1, -0.05) is 13.8 Å². The van der Waals surface area contributed by atoms with Crippen molar-refractivity contribution >= 4 is 23.8 Å². The van der Waals surface area contributed by atoms with Crippen LogP contribution in [0, 0.1) is 5.92 Å². The molecule has 0 aliphatic heterocycles. The first-order chi connectivity index (χ1) is 12.5. The Morgan fingerprint density at radius 1 is 1.15 bits per heavy atom. The van der Waals surface area contributed by atoms with Gasteiger partial charge in [0.1, 0.15) is 18.0 Å². The summed E-state index contributed by atoms with van der Waals surface area (Å²) in [7, 11) is 0. The van der Waals surface area contributed by atoms with E-state index in [0.29, 0.717) is 5.75 Å². The third-order valence-electron chi connectivity index (χ3n) is 3.82. The molecule has 0 aliphatic carbocycles. The molecule has 27 heavy (non-hydrogen) atoms. The third-order valence-corrected chi connectivity index (χ3v) is 4.57. The van der Waals surface area contributed by atoms with E-state index in [-0.39, 0.29) is 12.5 Å². The van der Waals surface area contributed by atoms with Crippen molar-refractivity contribution in [3.8, 4) is 5.75 Å². The Hall–Kier alpha value is -1.73. The number of rotatable bonds is 7. The van der Waals surface area contributed by atoms with Gasteiger partial charge in [0.2, 0.25) is 5.91 Å². The van der Waals surface area contributed by atoms with Crippen molar-refractivity contribution < 1.29 is 19.1 Å². The summed E-state index contributed by atoms with van der Waals surface area (Å²) in [5, 5.41) is 0. The maximum Gasteiger partial charge on any atom is 0.417 e. The molecule has 0 radical (unpaired) electrons. The van der Waals surface area contributed by atoms with Crippen LogP contribution in [0.2, 0.25) is 0 Å². The van der Waals surface area contributed by atoms with Crippen LogP contribution < -0.4 is 10.5 Å². The number of nitrogens with two attached hydrogens (primary N) is 1. The van der Waals surface area contributed by atoms with Crippen LogP contribution in [0.15, 0.2) is 29.2 Å². The normalized spacial score (nSPS) is 13.8. The van der Waals surface area contributed by atoms with Gasteiger partial charge in [-0.3, -0.25) is 4.79 Å². The highest BCUT2D eigenvalue weighted by molar-refractivity contribution is 7.98. The summed E-state index contributed by atoms with van der Waals surface area (Å²) in [5.41, 5.74) is 5.28. The molecule has 0 spiro atoms. The Morgan fingerprint density at radius 2 is 1.70 bits per heavy atom. The second kappa shape index (κ2) is 9.99. The van der Waals surface area contributed by atoms with Crippen LogP contribution >= 0.6 is 11.8 Å². The van der Waals surface area contributed by atoms with Crippen molar-refractivity contribution in [3.05, 3.63) is 24.3 Å². The maximum atomic E-state index is 12.8. The SMILES string of the molecule is CSc1ccc(OCC(C)N(C(=O)OC(C)(C)C)C(=O)[C@@H](N)C(C)C)cc1. The molecular weight excluding hydrogens is 364 g/mol. The molecule has 0 aliphatic rings. The topological polar surface area (TPSA) is 81.9 Å². The molecule has 0 saturated carbocycles. The minimum absolute atomic E-state index is 0.102. The van der Waals surface area contributed by atoms with Gasteiger partial charge in [0, 0.05) is 4.90 Å². The Balaban J connectivity index is 2.91. The van der Waals surface area contributed by atoms with Crippen LogP contribution in [0.5, 0.6) is 5.75 Å². The Morgan fingerprint density at radius 3 is 2.15 bits per heavy atom. The van der Waals surface area contributed by atoms with Crippen LogP contribution in [0.25, 0.3) is 0 Å². The molecular formula is C20H32N2O4S. The van der Waals surface area contributed by atoms with Gasteiger partial charge in [-0.2, -0.15) is 0 Å². The summed E-state index contributed by atoms with van der Waals surface area (Å²) in [6.45, 7) is 10.8. The standard InChI is InChI=1S/C20H32N2O4S/c1-13(2)17(21)18(23)22(19(24)26-20(4,5)6)14(3)12-25-15-8-10-16(27-7)11-9-15/h8-11,13-14,17H,12,21H2,1-7H3/t14?,17-/m0/s1. The molecule has 1 rings (SSSR count). The fourth-order valence-corrected chi connectivity index (χ4v) is 2.62. The van der Waals surface area contributed by atoms with E-state index in [1.165, 1.54) is 0 Å². The first-order valence-electron chi connectivity index (χ1n) is 9.04. The number of carbonyl (C=O) groups excluding carboxylic acids is 2. The fraction of sp³-hybridized carbons (Fsp3) is 0.600. The molecule has 1 unspecified atom stereocenters. The number of hydrogen-bond acceptors (Lipinski definition) is 6. The van der Waals surface area contributed by atoms with E-state index in [2.05, 4.69) is 0 Å². The van der Waals surface area contributed by atoms with Crippen molar-refractivity contribution in [2.45, 2.75) is 64.1 Å². The number of ether oxygens (including phenoxy) is 2. The summed E-state index contributed by atoms with van der Waals surface area (Å²) < 4.78 is 11.2. The summed E-state index contributed by atoms with van der Waals surface area (Å²) in [4.78, 5) is 27.6. The minimum atomic E-state index is -0.791.